The van der Waals surface area contributed by atoms with Crippen molar-refractivity contribution in [1.29, 1.82) is 0 Å². The summed E-state index contributed by atoms with van der Waals surface area (Å²) in [6.45, 7) is 5.24. The topological polar surface area (TPSA) is 114 Å². The first-order valence-corrected chi connectivity index (χ1v) is 10.8. The summed E-state index contributed by atoms with van der Waals surface area (Å²) < 4.78 is 35.9. The molecule has 2 N–H and O–H groups in total. The van der Waals surface area contributed by atoms with Gasteiger partial charge in [-0.1, -0.05) is 0 Å². The van der Waals surface area contributed by atoms with Crippen molar-refractivity contribution in [3.05, 3.63) is 48.0 Å². The molecule has 0 aliphatic carbocycles. The summed E-state index contributed by atoms with van der Waals surface area (Å²) in [5.41, 5.74) is 0.328. The molecule has 0 bridgehead atoms. The average molecular weight is 450 g/mol. The van der Waals surface area contributed by atoms with Crippen LogP contribution < -0.4 is 15.4 Å². The third-order valence-electron chi connectivity index (χ3n) is 3.99. The van der Waals surface area contributed by atoms with Crippen molar-refractivity contribution in [3.63, 3.8) is 0 Å². The van der Waals surface area contributed by atoms with E-state index in [0.717, 1.165) is 4.31 Å². The van der Waals surface area contributed by atoms with Gasteiger partial charge in [-0.15, -0.1) is 0 Å². The zero-order valence-corrected chi connectivity index (χ0v) is 19.2. The van der Waals surface area contributed by atoms with Crippen LogP contribution in [0.2, 0.25) is 0 Å². The average Bonchev–Trinajstić information content (AvgIpc) is 2.66. The van der Waals surface area contributed by atoms with Crippen LogP contribution in [0.4, 0.5) is 16.2 Å². The minimum absolute atomic E-state index is 0.0855. The summed E-state index contributed by atoms with van der Waals surface area (Å²) in [5.74, 6) is -0.0516. The molecule has 2 aromatic carbocycles. The Labute approximate surface area is 182 Å². The molecule has 2 aromatic rings. The Hall–Kier alpha value is -3.11. The van der Waals surface area contributed by atoms with E-state index in [2.05, 4.69) is 10.6 Å². The number of sulfonamides is 1. The number of methoxy groups -OCH3 is 1. The summed E-state index contributed by atoms with van der Waals surface area (Å²) in [6.07, 6.45) is -0.660. The molecule has 2 amide bonds. The fourth-order valence-electron chi connectivity index (χ4n) is 2.49. The van der Waals surface area contributed by atoms with E-state index in [1.165, 1.54) is 51.5 Å². The van der Waals surface area contributed by atoms with Crippen molar-refractivity contribution in [3.8, 4) is 5.75 Å². The van der Waals surface area contributed by atoms with Gasteiger partial charge < -0.3 is 14.8 Å². The van der Waals surface area contributed by atoms with Crippen molar-refractivity contribution in [2.45, 2.75) is 31.3 Å². The molecule has 0 heterocycles. The standard InChI is InChI=1S/C21H27N3O6S/c1-21(2,3)30-20(26)23-17-13-15(9-12-18(17)29-6)22-19(25)14-7-10-16(11-8-14)31(27,28)24(4)5/h7-13H,1-6H3,(H,22,25)(H,23,26). The van der Waals surface area contributed by atoms with Crippen LogP contribution in [-0.2, 0) is 14.8 Å². The number of amides is 2. The van der Waals surface area contributed by atoms with Crippen molar-refractivity contribution in [2.24, 2.45) is 0 Å². The fourth-order valence-corrected chi connectivity index (χ4v) is 3.39. The van der Waals surface area contributed by atoms with Crippen LogP contribution in [0.3, 0.4) is 0 Å². The van der Waals surface area contributed by atoms with Crippen LogP contribution in [0.5, 0.6) is 5.75 Å². The van der Waals surface area contributed by atoms with E-state index in [9.17, 15) is 18.0 Å². The highest BCUT2D eigenvalue weighted by molar-refractivity contribution is 7.89. The van der Waals surface area contributed by atoms with Crippen LogP contribution in [0, 0.1) is 0 Å². The Bertz CT molecular complexity index is 1060. The number of hydrogen-bond donors (Lipinski definition) is 2. The fraction of sp³-hybridized carbons (Fsp3) is 0.333. The molecule has 0 saturated carbocycles. The Morgan fingerprint density at radius 1 is 0.968 bits per heavy atom. The van der Waals surface area contributed by atoms with Crippen LogP contribution in [0.1, 0.15) is 31.1 Å². The number of carbonyl (C=O) groups is 2. The van der Waals surface area contributed by atoms with E-state index in [-0.39, 0.29) is 10.5 Å². The molecule has 0 spiro atoms. The van der Waals surface area contributed by atoms with Gasteiger partial charge in [-0.3, -0.25) is 10.1 Å². The molecule has 9 nitrogen and oxygen atoms in total. The highest BCUT2D eigenvalue weighted by Gasteiger charge is 2.19. The molecule has 168 valence electrons. The number of rotatable bonds is 6. The Morgan fingerprint density at radius 3 is 2.10 bits per heavy atom. The minimum Gasteiger partial charge on any atom is -0.495 e. The SMILES string of the molecule is COc1ccc(NC(=O)c2ccc(S(=O)(=O)N(C)C)cc2)cc1NC(=O)OC(C)(C)C. The van der Waals surface area contributed by atoms with Crippen molar-refractivity contribution >= 4 is 33.4 Å². The quantitative estimate of drug-likeness (QED) is 0.697. The monoisotopic (exact) mass is 449 g/mol. The molecule has 31 heavy (non-hydrogen) atoms. The summed E-state index contributed by atoms with van der Waals surface area (Å²) in [6, 6.07) is 10.3. The van der Waals surface area contributed by atoms with Gasteiger partial charge in [0.25, 0.3) is 5.91 Å². The molecule has 0 aromatic heterocycles. The first-order chi connectivity index (χ1) is 14.3. The van der Waals surface area contributed by atoms with Crippen LogP contribution in [0.15, 0.2) is 47.4 Å². The minimum atomic E-state index is -3.58. The normalized spacial score (nSPS) is 11.7. The molecule has 0 aliphatic heterocycles. The van der Waals surface area contributed by atoms with Gasteiger partial charge in [0.2, 0.25) is 10.0 Å². The van der Waals surface area contributed by atoms with Crippen LogP contribution >= 0.6 is 0 Å². The van der Waals surface area contributed by atoms with Gasteiger partial charge in [0.05, 0.1) is 17.7 Å². The van der Waals surface area contributed by atoms with Crippen LogP contribution in [0.25, 0.3) is 0 Å². The highest BCUT2D eigenvalue weighted by atomic mass is 32.2. The maximum absolute atomic E-state index is 12.6. The second-order valence-electron chi connectivity index (χ2n) is 7.81. The molecular formula is C21H27N3O6S. The highest BCUT2D eigenvalue weighted by Crippen LogP contribution is 2.29. The Balaban J connectivity index is 2.19. The lowest BCUT2D eigenvalue weighted by Crippen LogP contribution is -2.27. The van der Waals surface area contributed by atoms with E-state index in [1.807, 2.05) is 0 Å². The van der Waals surface area contributed by atoms with Gasteiger partial charge in [-0.2, -0.15) is 0 Å². The summed E-state index contributed by atoms with van der Waals surface area (Å²) in [7, 11) is 0.741. The summed E-state index contributed by atoms with van der Waals surface area (Å²) >= 11 is 0. The predicted octanol–water partition coefficient (Wildman–Crippen LogP) is 3.54. The van der Waals surface area contributed by atoms with Crippen LogP contribution in [-0.4, -0.2) is 51.5 Å². The summed E-state index contributed by atoms with van der Waals surface area (Å²) in [5, 5.41) is 5.30. The Morgan fingerprint density at radius 2 is 1.58 bits per heavy atom. The smallest absolute Gasteiger partial charge is 0.412 e. The molecule has 0 saturated heterocycles. The zero-order chi connectivity index (χ0) is 23.4. The predicted molar refractivity (Wildman–Crippen MR) is 118 cm³/mol. The number of hydrogen-bond acceptors (Lipinski definition) is 6. The lowest BCUT2D eigenvalue weighted by molar-refractivity contribution is 0.0635. The number of nitrogens with zero attached hydrogens (tertiary/aromatic N) is 1. The van der Waals surface area contributed by atoms with E-state index in [1.54, 1.807) is 32.9 Å². The Kier molecular flexibility index (Phi) is 7.29. The molecule has 0 atom stereocenters. The molecule has 0 unspecified atom stereocenters. The first kappa shape index (κ1) is 24.2. The molecular weight excluding hydrogens is 422 g/mol. The van der Waals surface area contributed by atoms with E-state index in [4.69, 9.17) is 9.47 Å². The van der Waals surface area contributed by atoms with Gasteiger partial charge in [0.15, 0.2) is 0 Å². The number of anilines is 2. The maximum atomic E-state index is 12.6. The third kappa shape index (κ3) is 6.43. The van der Waals surface area contributed by atoms with E-state index in [0.29, 0.717) is 17.1 Å². The number of ether oxygens (including phenoxy) is 2. The first-order valence-electron chi connectivity index (χ1n) is 9.35. The third-order valence-corrected chi connectivity index (χ3v) is 5.82. The second-order valence-corrected chi connectivity index (χ2v) is 9.96. The van der Waals surface area contributed by atoms with Gasteiger partial charge in [-0.05, 0) is 63.2 Å². The summed E-state index contributed by atoms with van der Waals surface area (Å²) in [4.78, 5) is 24.7. The largest absolute Gasteiger partial charge is 0.495 e. The van der Waals surface area contributed by atoms with Crippen molar-refractivity contribution in [2.75, 3.05) is 31.8 Å². The molecule has 0 fully saturated rings. The number of nitrogens with one attached hydrogen (secondary N) is 2. The number of benzene rings is 2. The zero-order valence-electron chi connectivity index (χ0n) is 18.3. The van der Waals surface area contributed by atoms with Crippen molar-refractivity contribution in [1.82, 2.24) is 4.31 Å². The lowest BCUT2D eigenvalue weighted by atomic mass is 10.2. The van der Waals surface area contributed by atoms with Gasteiger partial charge >= 0.3 is 6.09 Å². The molecule has 0 radical (unpaired) electrons. The van der Waals surface area contributed by atoms with E-state index < -0.39 is 27.6 Å². The molecule has 2 rings (SSSR count). The van der Waals surface area contributed by atoms with E-state index >= 15 is 0 Å². The second kappa shape index (κ2) is 9.36. The number of carbonyl (C=O) groups excluding carboxylic acids is 2. The van der Waals surface area contributed by atoms with Gasteiger partial charge in [0, 0.05) is 25.3 Å². The van der Waals surface area contributed by atoms with Gasteiger partial charge in [-0.25, -0.2) is 17.5 Å². The van der Waals surface area contributed by atoms with Gasteiger partial charge in [0.1, 0.15) is 11.4 Å². The lowest BCUT2D eigenvalue weighted by Gasteiger charge is -2.20. The molecule has 0 aliphatic rings. The van der Waals surface area contributed by atoms with Crippen molar-refractivity contribution < 1.29 is 27.5 Å². The maximum Gasteiger partial charge on any atom is 0.412 e. The molecule has 10 heteroatoms.